The predicted octanol–water partition coefficient (Wildman–Crippen LogP) is 1.72. The van der Waals surface area contributed by atoms with Gasteiger partial charge in [0.2, 0.25) is 11.8 Å². The molecule has 0 aliphatic heterocycles. The van der Waals surface area contributed by atoms with E-state index in [0.29, 0.717) is 12.2 Å². The van der Waals surface area contributed by atoms with Crippen molar-refractivity contribution in [3.8, 4) is 0 Å². The summed E-state index contributed by atoms with van der Waals surface area (Å²) in [6.45, 7) is 4.73. The van der Waals surface area contributed by atoms with Gasteiger partial charge < -0.3 is 15.5 Å². The Kier molecular flexibility index (Phi) is 6.37. The van der Waals surface area contributed by atoms with Gasteiger partial charge in [-0.2, -0.15) is 0 Å². The fourth-order valence-electron chi connectivity index (χ4n) is 1.73. The maximum absolute atomic E-state index is 12.2. The summed E-state index contributed by atoms with van der Waals surface area (Å²) in [4.78, 5) is 26.4. The first kappa shape index (κ1) is 17.2. The molecule has 5 nitrogen and oxygen atoms in total. The molecule has 0 heterocycles. The summed E-state index contributed by atoms with van der Waals surface area (Å²) in [7, 11) is 3.97. The van der Waals surface area contributed by atoms with Gasteiger partial charge in [0.05, 0.1) is 0 Å². The molecule has 0 aromatic heterocycles. The maximum atomic E-state index is 12.2. The smallest absolute Gasteiger partial charge is 0.239 e. The zero-order chi connectivity index (χ0) is 15.9. The van der Waals surface area contributed by atoms with E-state index in [0.717, 1.165) is 13.0 Å². The molecule has 2 amide bonds. The number of anilines is 1. The summed E-state index contributed by atoms with van der Waals surface area (Å²) in [5.74, 6) is -0.562. The summed E-state index contributed by atoms with van der Waals surface area (Å²) < 4.78 is 0. The van der Waals surface area contributed by atoms with E-state index < -0.39 is 5.41 Å². The highest BCUT2D eigenvalue weighted by molar-refractivity contribution is 6.09. The van der Waals surface area contributed by atoms with Crippen LogP contribution in [0.2, 0.25) is 0 Å². The van der Waals surface area contributed by atoms with Crippen LogP contribution < -0.4 is 10.6 Å². The van der Waals surface area contributed by atoms with Crippen molar-refractivity contribution in [3.63, 3.8) is 0 Å². The minimum atomic E-state index is -1.10. The molecule has 0 atom stereocenters. The Morgan fingerprint density at radius 2 is 1.71 bits per heavy atom. The van der Waals surface area contributed by atoms with Crippen LogP contribution in [0.3, 0.4) is 0 Å². The molecular weight excluding hydrogens is 266 g/mol. The molecule has 1 rings (SSSR count). The normalized spacial score (nSPS) is 11.3. The Labute approximate surface area is 126 Å². The Morgan fingerprint density at radius 3 is 2.29 bits per heavy atom. The van der Waals surface area contributed by atoms with E-state index in [1.807, 2.05) is 32.3 Å². The second kappa shape index (κ2) is 7.78. The average Bonchev–Trinajstić information content (AvgIpc) is 2.44. The number of hydrogen-bond donors (Lipinski definition) is 2. The molecule has 2 N–H and O–H groups in total. The van der Waals surface area contributed by atoms with E-state index in [9.17, 15) is 9.59 Å². The lowest BCUT2D eigenvalue weighted by Gasteiger charge is -2.23. The quantitative estimate of drug-likeness (QED) is 0.594. The van der Waals surface area contributed by atoms with Gasteiger partial charge in [0.15, 0.2) is 0 Å². The van der Waals surface area contributed by atoms with Crippen molar-refractivity contribution in [3.05, 3.63) is 30.3 Å². The number of para-hydroxylation sites is 1. The molecule has 1 aromatic carbocycles. The topological polar surface area (TPSA) is 61.4 Å². The lowest BCUT2D eigenvalue weighted by Crippen LogP contribution is -2.45. The molecule has 0 saturated carbocycles. The minimum Gasteiger partial charge on any atom is -0.355 e. The number of carbonyl (C=O) groups excluding carboxylic acids is 2. The number of nitrogens with one attached hydrogen (secondary N) is 2. The van der Waals surface area contributed by atoms with Crippen LogP contribution in [0.4, 0.5) is 5.69 Å². The summed E-state index contributed by atoms with van der Waals surface area (Å²) in [6.07, 6.45) is 0.856. The summed E-state index contributed by atoms with van der Waals surface area (Å²) >= 11 is 0. The van der Waals surface area contributed by atoms with Crippen LogP contribution in [0, 0.1) is 5.41 Å². The molecule has 0 unspecified atom stereocenters. The molecule has 0 aliphatic carbocycles. The molecule has 5 heteroatoms. The van der Waals surface area contributed by atoms with E-state index in [-0.39, 0.29) is 11.8 Å². The second-order valence-corrected chi connectivity index (χ2v) is 5.86. The van der Waals surface area contributed by atoms with Crippen molar-refractivity contribution < 1.29 is 9.59 Å². The first-order valence-electron chi connectivity index (χ1n) is 7.13. The lowest BCUT2D eigenvalue weighted by molar-refractivity contribution is -0.138. The van der Waals surface area contributed by atoms with E-state index in [2.05, 4.69) is 15.5 Å². The van der Waals surface area contributed by atoms with Crippen LogP contribution in [0.1, 0.15) is 20.3 Å². The van der Waals surface area contributed by atoms with Crippen molar-refractivity contribution in [2.75, 3.05) is 32.5 Å². The molecule has 0 aliphatic rings. The molecule has 21 heavy (non-hydrogen) atoms. The third kappa shape index (κ3) is 5.55. The van der Waals surface area contributed by atoms with E-state index >= 15 is 0 Å². The van der Waals surface area contributed by atoms with Gasteiger partial charge in [0.25, 0.3) is 0 Å². The minimum absolute atomic E-state index is 0.255. The lowest BCUT2D eigenvalue weighted by atomic mass is 9.91. The Balaban J connectivity index is 2.50. The van der Waals surface area contributed by atoms with Crippen molar-refractivity contribution in [1.82, 2.24) is 10.2 Å². The zero-order valence-electron chi connectivity index (χ0n) is 13.3. The van der Waals surface area contributed by atoms with Gasteiger partial charge in [-0.25, -0.2) is 0 Å². The van der Waals surface area contributed by atoms with Crippen LogP contribution >= 0.6 is 0 Å². The van der Waals surface area contributed by atoms with Crippen molar-refractivity contribution in [1.29, 1.82) is 0 Å². The van der Waals surface area contributed by atoms with Gasteiger partial charge in [0, 0.05) is 12.2 Å². The number of rotatable bonds is 7. The molecule has 0 fully saturated rings. The summed E-state index contributed by atoms with van der Waals surface area (Å²) in [5, 5.41) is 5.58. The molecule has 1 aromatic rings. The number of hydrogen-bond acceptors (Lipinski definition) is 3. The number of nitrogens with zero attached hydrogens (tertiary/aromatic N) is 1. The van der Waals surface area contributed by atoms with Gasteiger partial charge >= 0.3 is 0 Å². The van der Waals surface area contributed by atoms with Gasteiger partial charge in [-0.05, 0) is 53.0 Å². The van der Waals surface area contributed by atoms with Gasteiger partial charge in [-0.3, -0.25) is 9.59 Å². The molecule has 116 valence electrons. The highest BCUT2D eigenvalue weighted by Crippen LogP contribution is 2.18. The molecular formula is C16H25N3O2. The predicted molar refractivity (Wildman–Crippen MR) is 85.0 cm³/mol. The first-order chi connectivity index (χ1) is 9.84. The van der Waals surface area contributed by atoms with Crippen molar-refractivity contribution >= 4 is 17.5 Å². The second-order valence-electron chi connectivity index (χ2n) is 5.86. The number of amides is 2. The zero-order valence-corrected chi connectivity index (χ0v) is 13.3. The first-order valence-corrected chi connectivity index (χ1v) is 7.13. The molecule has 0 saturated heterocycles. The Hall–Kier alpha value is -1.88. The van der Waals surface area contributed by atoms with E-state index in [1.165, 1.54) is 0 Å². The summed E-state index contributed by atoms with van der Waals surface area (Å²) in [5.41, 5.74) is -0.412. The van der Waals surface area contributed by atoms with Crippen LogP contribution in [0.25, 0.3) is 0 Å². The molecule has 0 bridgehead atoms. The number of carbonyl (C=O) groups is 2. The van der Waals surface area contributed by atoms with Crippen LogP contribution in [-0.4, -0.2) is 43.9 Å². The van der Waals surface area contributed by atoms with Crippen LogP contribution in [0.5, 0.6) is 0 Å². The van der Waals surface area contributed by atoms with Gasteiger partial charge in [-0.15, -0.1) is 0 Å². The molecule has 0 radical (unpaired) electrons. The highest BCUT2D eigenvalue weighted by atomic mass is 16.2. The fraction of sp³-hybridized carbons (Fsp3) is 0.500. The van der Waals surface area contributed by atoms with Gasteiger partial charge in [-0.1, -0.05) is 18.2 Å². The largest absolute Gasteiger partial charge is 0.355 e. The number of benzene rings is 1. The van der Waals surface area contributed by atoms with E-state index in [1.54, 1.807) is 26.0 Å². The monoisotopic (exact) mass is 291 g/mol. The molecule has 0 spiro atoms. The Bertz CT molecular complexity index is 470. The maximum Gasteiger partial charge on any atom is 0.239 e. The SMILES string of the molecule is CN(C)CCCNC(=O)C(C)(C)C(=O)Nc1ccccc1. The average molecular weight is 291 g/mol. The van der Waals surface area contributed by atoms with Gasteiger partial charge in [0.1, 0.15) is 5.41 Å². The third-order valence-electron chi connectivity index (χ3n) is 3.23. The Morgan fingerprint density at radius 1 is 1.10 bits per heavy atom. The third-order valence-corrected chi connectivity index (χ3v) is 3.23. The van der Waals surface area contributed by atoms with Crippen molar-refractivity contribution in [2.45, 2.75) is 20.3 Å². The standard InChI is InChI=1S/C16H25N3O2/c1-16(2,14(20)17-11-8-12-19(3)4)15(21)18-13-9-6-5-7-10-13/h5-7,9-10H,8,11-12H2,1-4H3,(H,17,20)(H,18,21). The van der Waals surface area contributed by atoms with Crippen molar-refractivity contribution in [2.24, 2.45) is 5.41 Å². The van der Waals surface area contributed by atoms with Crippen LogP contribution in [-0.2, 0) is 9.59 Å². The van der Waals surface area contributed by atoms with Crippen LogP contribution in [0.15, 0.2) is 30.3 Å². The fourth-order valence-corrected chi connectivity index (χ4v) is 1.73. The summed E-state index contributed by atoms with van der Waals surface area (Å²) in [6, 6.07) is 9.14. The highest BCUT2D eigenvalue weighted by Gasteiger charge is 2.35. The van der Waals surface area contributed by atoms with E-state index in [4.69, 9.17) is 0 Å².